The van der Waals surface area contributed by atoms with Gasteiger partial charge in [-0.1, -0.05) is 36.7 Å². The van der Waals surface area contributed by atoms with Crippen LogP contribution >= 0.6 is 47.8 Å². The molecular formula is C14H14Br3N3. The van der Waals surface area contributed by atoms with Crippen LogP contribution in [-0.4, -0.2) is 9.97 Å². The topological polar surface area (TPSA) is 37.8 Å². The molecule has 0 aliphatic carbocycles. The van der Waals surface area contributed by atoms with Crippen LogP contribution in [-0.2, 0) is 5.41 Å². The summed E-state index contributed by atoms with van der Waals surface area (Å²) in [7, 11) is 0. The maximum absolute atomic E-state index is 4.58. The molecule has 1 N–H and O–H groups in total. The van der Waals surface area contributed by atoms with Gasteiger partial charge in [-0.3, -0.25) is 0 Å². The molecule has 0 radical (unpaired) electrons. The van der Waals surface area contributed by atoms with Crippen molar-refractivity contribution in [2.24, 2.45) is 0 Å². The average molecular weight is 464 g/mol. The number of anilines is 2. The first-order chi connectivity index (χ1) is 9.25. The second kappa shape index (κ2) is 6.12. The number of nitrogens with zero attached hydrogens (tertiary/aromatic N) is 2. The van der Waals surface area contributed by atoms with E-state index in [9.17, 15) is 0 Å². The number of hydrogen-bond donors (Lipinski definition) is 1. The zero-order chi connectivity index (χ0) is 14.9. The molecule has 0 spiro atoms. The zero-order valence-electron chi connectivity index (χ0n) is 11.3. The fourth-order valence-electron chi connectivity index (χ4n) is 1.55. The molecule has 1 heterocycles. The summed E-state index contributed by atoms with van der Waals surface area (Å²) in [5, 5.41) is 3.31. The van der Waals surface area contributed by atoms with Gasteiger partial charge in [0, 0.05) is 20.4 Å². The van der Waals surface area contributed by atoms with Crippen LogP contribution in [0.2, 0.25) is 0 Å². The molecule has 2 rings (SSSR count). The van der Waals surface area contributed by atoms with E-state index in [0.29, 0.717) is 0 Å². The van der Waals surface area contributed by atoms with E-state index >= 15 is 0 Å². The van der Waals surface area contributed by atoms with Gasteiger partial charge in [-0.2, -0.15) is 0 Å². The molecule has 0 aliphatic rings. The molecule has 2 aromatic rings. The SMILES string of the molecule is CC(C)(C)c1nc(Br)cc(Nc2cc(Br)ccc2Br)n1. The van der Waals surface area contributed by atoms with E-state index in [0.717, 1.165) is 30.9 Å². The Labute approximate surface area is 144 Å². The normalized spacial score (nSPS) is 11.5. The third kappa shape index (κ3) is 4.02. The lowest BCUT2D eigenvalue weighted by Gasteiger charge is -2.18. The summed E-state index contributed by atoms with van der Waals surface area (Å²) in [5.41, 5.74) is 0.846. The molecule has 0 saturated heterocycles. The van der Waals surface area contributed by atoms with E-state index in [1.165, 1.54) is 0 Å². The number of hydrogen-bond acceptors (Lipinski definition) is 3. The lowest BCUT2D eigenvalue weighted by atomic mass is 9.96. The van der Waals surface area contributed by atoms with Crippen molar-refractivity contribution in [3.63, 3.8) is 0 Å². The number of nitrogens with one attached hydrogen (secondary N) is 1. The van der Waals surface area contributed by atoms with Crippen LogP contribution in [0, 0.1) is 0 Å². The molecule has 0 saturated carbocycles. The van der Waals surface area contributed by atoms with Gasteiger partial charge >= 0.3 is 0 Å². The van der Waals surface area contributed by atoms with Crippen molar-refractivity contribution in [2.45, 2.75) is 26.2 Å². The monoisotopic (exact) mass is 461 g/mol. The van der Waals surface area contributed by atoms with Crippen LogP contribution in [0.4, 0.5) is 11.5 Å². The maximum Gasteiger partial charge on any atom is 0.137 e. The summed E-state index contributed by atoms with van der Waals surface area (Å²) in [4.78, 5) is 9.01. The highest BCUT2D eigenvalue weighted by Gasteiger charge is 2.19. The Hall–Kier alpha value is -0.460. The smallest absolute Gasteiger partial charge is 0.137 e. The van der Waals surface area contributed by atoms with Gasteiger partial charge in [0.2, 0.25) is 0 Å². The Kier molecular flexibility index (Phi) is 4.87. The molecule has 1 aromatic heterocycles. The van der Waals surface area contributed by atoms with Crippen molar-refractivity contribution in [1.82, 2.24) is 9.97 Å². The highest BCUT2D eigenvalue weighted by atomic mass is 79.9. The first-order valence-corrected chi connectivity index (χ1v) is 8.41. The Bertz CT molecular complexity index is 636. The summed E-state index contributed by atoms with van der Waals surface area (Å²) in [5.74, 6) is 1.55. The van der Waals surface area contributed by atoms with Crippen LogP contribution in [0.25, 0.3) is 0 Å². The van der Waals surface area contributed by atoms with Crippen molar-refractivity contribution >= 4 is 59.3 Å². The second-order valence-electron chi connectivity index (χ2n) is 5.40. The minimum atomic E-state index is -0.102. The summed E-state index contributed by atoms with van der Waals surface area (Å²) >= 11 is 10.4. The number of rotatable bonds is 2. The van der Waals surface area contributed by atoms with E-state index in [1.54, 1.807) is 0 Å². The van der Waals surface area contributed by atoms with E-state index in [1.807, 2.05) is 24.3 Å². The van der Waals surface area contributed by atoms with Crippen LogP contribution in [0.1, 0.15) is 26.6 Å². The lowest BCUT2D eigenvalue weighted by Crippen LogP contribution is -2.16. The van der Waals surface area contributed by atoms with Crippen molar-refractivity contribution in [1.29, 1.82) is 0 Å². The summed E-state index contributed by atoms with van der Waals surface area (Å²) < 4.78 is 2.76. The van der Waals surface area contributed by atoms with Gasteiger partial charge in [0.05, 0.1) is 5.69 Å². The van der Waals surface area contributed by atoms with Crippen LogP contribution in [0.3, 0.4) is 0 Å². The minimum Gasteiger partial charge on any atom is -0.339 e. The first kappa shape index (κ1) is 15.9. The molecule has 0 fully saturated rings. The maximum atomic E-state index is 4.58. The quantitative estimate of drug-likeness (QED) is 0.571. The van der Waals surface area contributed by atoms with E-state index < -0.39 is 0 Å². The number of aromatic nitrogens is 2. The summed E-state index contributed by atoms with van der Waals surface area (Å²) in [6.07, 6.45) is 0. The molecule has 106 valence electrons. The fraction of sp³-hybridized carbons (Fsp3) is 0.286. The molecule has 6 heteroatoms. The fourth-order valence-corrected chi connectivity index (χ4v) is 2.64. The second-order valence-corrected chi connectivity index (χ2v) is 7.98. The Morgan fingerprint density at radius 1 is 1.00 bits per heavy atom. The Morgan fingerprint density at radius 2 is 1.70 bits per heavy atom. The van der Waals surface area contributed by atoms with Gasteiger partial charge < -0.3 is 5.32 Å². The van der Waals surface area contributed by atoms with Gasteiger partial charge in [-0.15, -0.1) is 0 Å². The van der Waals surface area contributed by atoms with Crippen LogP contribution in [0.5, 0.6) is 0 Å². The van der Waals surface area contributed by atoms with Crippen molar-refractivity contribution in [3.8, 4) is 0 Å². The molecular weight excluding hydrogens is 450 g/mol. The lowest BCUT2D eigenvalue weighted by molar-refractivity contribution is 0.544. The van der Waals surface area contributed by atoms with Crippen molar-refractivity contribution in [3.05, 3.63) is 43.6 Å². The third-order valence-corrected chi connectivity index (χ3v) is 4.15. The third-order valence-electron chi connectivity index (χ3n) is 2.56. The highest BCUT2D eigenvalue weighted by Crippen LogP contribution is 2.30. The summed E-state index contributed by atoms with van der Waals surface area (Å²) in [6, 6.07) is 7.82. The molecule has 0 atom stereocenters. The number of benzene rings is 1. The van der Waals surface area contributed by atoms with Gasteiger partial charge in [0.15, 0.2) is 0 Å². The minimum absolute atomic E-state index is 0.102. The van der Waals surface area contributed by atoms with Gasteiger partial charge in [-0.25, -0.2) is 9.97 Å². The largest absolute Gasteiger partial charge is 0.339 e. The van der Waals surface area contributed by atoms with Crippen molar-refractivity contribution < 1.29 is 0 Å². The van der Waals surface area contributed by atoms with Gasteiger partial charge in [0.25, 0.3) is 0 Å². The van der Waals surface area contributed by atoms with E-state index in [-0.39, 0.29) is 5.41 Å². The van der Waals surface area contributed by atoms with Gasteiger partial charge in [-0.05, 0) is 50.1 Å². The Balaban J connectivity index is 2.39. The standard InChI is InChI=1S/C14H14Br3N3/c1-14(2,3)13-19-11(17)7-12(20-13)18-10-6-8(15)4-5-9(10)16/h4-7H,1-3H3,(H,18,19,20). The van der Waals surface area contributed by atoms with E-state index in [2.05, 4.69) is 83.8 Å². The predicted octanol–water partition coefficient (Wildman–Crippen LogP) is 5.81. The molecule has 20 heavy (non-hydrogen) atoms. The molecule has 0 amide bonds. The van der Waals surface area contributed by atoms with Gasteiger partial charge in [0.1, 0.15) is 16.2 Å². The number of halogens is 3. The molecule has 0 unspecified atom stereocenters. The highest BCUT2D eigenvalue weighted by molar-refractivity contribution is 9.11. The van der Waals surface area contributed by atoms with E-state index in [4.69, 9.17) is 0 Å². The van der Waals surface area contributed by atoms with Crippen molar-refractivity contribution in [2.75, 3.05) is 5.32 Å². The molecule has 3 nitrogen and oxygen atoms in total. The molecule has 1 aromatic carbocycles. The predicted molar refractivity (Wildman–Crippen MR) is 93.6 cm³/mol. The first-order valence-electron chi connectivity index (χ1n) is 6.03. The van der Waals surface area contributed by atoms with Crippen LogP contribution < -0.4 is 5.32 Å². The zero-order valence-corrected chi connectivity index (χ0v) is 16.1. The Morgan fingerprint density at radius 3 is 2.35 bits per heavy atom. The average Bonchev–Trinajstić information content (AvgIpc) is 2.32. The molecule has 0 aliphatic heterocycles. The summed E-state index contributed by atoms with van der Waals surface area (Å²) in [6.45, 7) is 6.27. The van der Waals surface area contributed by atoms with Crippen LogP contribution in [0.15, 0.2) is 37.8 Å². The molecule has 0 bridgehead atoms.